The second-order valence-electron chi connectivity index (χ2n) is 14.3. The summed E-state index contributed by atoms with van der Waals surface area (Å²) in [5.41, 5.74) is 12.4. The number of benzene rings is 7. The van der Waals surface area contributed by atoms with Crippen LogP contribution in [0.5, 0.6) is 11.5 Å². The highest BCUT2D eigenvalue weighted by Crippen LogP contribution is 2.57. The number of nitrogens with zero attached hydrogens (tertiary/aromatic N) is 1. The van der Waals surface area contributed by atoms with E-state index in [1.807, 2.05) is 0 Å². The van der Waals surface area contributed by atoms with Crippen molar-refractivity contribution in [1.82, 2.24) is 4.57 Å². The summed E-state index contributed by atoms with van der Waals surface area (Å²) in [4.78, 5) is 0. The summed E-state index contributed by atoms with van der Waals surface area (Å²) in [5, 5.41) is 4.69. The summed E-state index contributed by atoms with van der Waals surface area (Å²) in [6.45, 7) is 0. The van der Waals surface area contributed by atoms with Crippen LogP contribution < -0.4 is 4.74 Å². The van der Waals surface area contributed by atoms with Gasteiger partial charge >= 0.3 is 0 Å². The largest absolute Gasteiger partial charge is 0.456 e. The Labute approximate surface area is 296 Å². The van der Waals surface area contributed by atoms with Crippen LogP contribution in [0.25, 0.3) is 71.7 Å². The van der Waals surface area contributed by atoms with Gasteiger partial charge in [-0.25, -0.2) is 0 Å². The molecular formula is C48H35NO2. The smallest absolute Gasteiger partial charge is 0.143 e. The van der Waals surface area contributed by atoms with Crippen molar-refractivity contribution >= 4 is 43.7 Å². The maximum absolute atomic E-state index is 6.99. The molecule has 0 radical (unpaired) electrons. The SMILES string of the molecule is c1ccc(-c2ccc3c(c2)c2ccccc2n3-c2cc(-c3cccc4c3Oc3ccccc3C43CCCCC3)c3oc4ccccc4c3c2)cc1. The van der Waals surface area contributed by atoms with E-state index >= 15 is 0 Å². The number of aromatic nitrogens is 1. The van der Waals surface area contributed by atoms with Crippen LogP contribution in [0, 0.1) is 0 Å². The molecule has 3 heterocycles. The van der Waals surface area contributed by atoms with Crippen LogP contribution in [0.4, 0.5) is 0 Å². The molecule has 0 unspecified atom stereocenters. The third-order valence-electron chi connectivity index (χ3n) is 11.6. The number of furan rings is 1. The monoisotopic (exact) mass is 657 g/mol. The summed E-state index contributed by atoms with van der Waals surface area (Å²) in [7, 11) is 0. The molecule has 1 fully saturated rings. The van der Waals surface area contributed by atoms with E-state index < -0.39 is 0 Å². The Morgan fingerprint density at radius 3 is 2.14 bits per heavy atom. The van der Waals surface area contributed by atoms with Crippen molar-refractivity contribution in [3.8, 4) is 39.4 Å². The number of fused-ring (bicyclic) bond motifs is 10. The van der Waals surface area contributed by atoms with E-state index in [0.717, 1.165) is 63.1 Å². The summed E-state index contributed by atoms with van der Waals surface area (Å²) in [5.74, 6) is 1.94. The first-order valence-corrected chi connectivity index (χ1v) is 18.2. The lowest BCUT2D eigenvalue weighted by Crippen LogP contribution is -2.33. The van der Waals surface area contributed by atoms with Gasteiger partial charge in [-0.2, -0.15) is 0 Å². The molecule has 11 rings (SSSR count). The van der Waals surface area contributed by atoms with E-state index in [-0.39, 0.29) is 5.41 Å². The molecule has 244 valence electrons. The van der Waals surface area contributed by atoms with Gasteiger partial charge in [-0.1, -0.05) is 128 Å². The third kappa shape index (κ3) is 4.18. The summed E-state index contributed by atoms with van der Waals surface area (Å²) >= 11 is 0. The molecule has 7 aromatic carbocycles. The van der Waals surface area contributed by atoms with Crippen molar-refractivity contribution in [2.45, 2.75) is 37.5 Å². The summed E-state index contributed by atoms with van der Waals surface area (Å²) < 4.78 is 16.2. The average Bonchev–Trinajstić information content (AvgIpc) is 3.74. The molecule has 1 spiro atoms. The van der Waals surface area contributed by atoms with Crippen LogP contribution in [0.15, 0.2) is 156 Å². The number of para-hydroxylation sites is 4. The predicted octanol–water partition coefficient (Wildman–Crippen LogP) is 13.4. The van der Waals surface area contributed by atoms with Gasteiger partial charge in [-0.05, 0) is 66.4 Å². The zero-order chi connectivity index (χ0) is 33.5. The van der Waals surface area contributed by atoms with E-state index in [1.165, 1.54) is 63.3 Å². The Morgan fingerprint density at radius 2 is 1.24 bits per heavy atom. The molecule has 0 atom stereocenters. The number of hydrogen-bond acceptors (Lipinski definition) is 2. The van der Waals surface area contributed by atoms with Crippen LogP contribution in [0.2, 0.25) is 0 Å². The van der Waals surface area contributed by atoms with Gasteiger partial charge in [0.1, 0.15) is 22.7 Å². The minimum absolute atomic E-state index is 0.0493. The lowest BCUT2D eigenvalue weighted by atomic mass is 9.63. The maximum Gasteiger partial charge on any atom is 0.143 e. The molecule has 0 N–H and O–H groups in total. The first-order valence-electron chi connectivity index (χ1n) is 18.2. The normalized spacial score (nSPS) is 15.0. The van der Waals surface area contributed by atoms with Crippen molar-refractivity contribution in [2.24, 2.45) is 0 Å². The Balaban J connectivity index is 1.20. The van der Waals surface area contributed by atoms with Gasteiger partial charge in [-0.3, -0.25) is 0 Å². The summed E-state index contributed by atoms with van der Waals surface area (Å²) in [6, 6.07) is 54.9. The van der Waals surface area contributed by atoms with Gasteiger partial charge in [0.25, 0.3) is 0 Å². The molecular weight excluding hydrogens is 623 g/mol. The van der Waals surface area contributed by atoms with Crippen molar-refractivity contribution in [3.05, 3.63) is 163 Å². The van der Waals surface area contributed by atoms with E-state index in [9.17, 15) is 0 Å². The second-order valence-corrected chi connectivity index (χ2v) is 14.3. The van der Waals surface area contributed by atoms with E-state index in [1.54, 1.807) is 0 Å². The van der Waals surface area contributed by atoms with E-state index in [4.69, 9.17) is 9.15 Å². The molecule has 2 aliphatic rings. The van der Waals surface area contributed by atoms with Crippen molar-refractivity contribution in [1.29, 1.82) is 0 Å². The zero-order valence-corrected chi connectivity index (χ0v) is 28.2. The van der Waals surface area contributed by atoms with Gasteiger partial charge in [0.2, 0.25) is 0 Å². The first-order chi connectivity index (χ1) is 25.3. The Bertz CT molecular complexity index is 2810. The van der Waals surface area contributed by atoms with Crippen LogP contribution in [0.3, 0.4) is 0 Å². The van der Waals surface area contributed by atoms with Crippen molar-refractivity contribution < 1.29 is 9.15 Å². The molecule has 2 aromatic heterocycles. The number of rotatable bonds is 3. The van der Waals surface area contributed by atoms with Crippen LogP contribution in [-0.2, 0) is 5.41 Å². The minimum atomic E-state index is -0.0493. The highest BCUT2D eigenvalue weighted by atomic mass is 16.5. The molecule has 0 bridgehead atoms. The van der Waals surface area contributed by atoms with Gasteiger partial charge in [-0.15, -0.1) is 0 Å². The van der Waals surface area contributed by atoms with E-state index in [2.05, 4.69) is 156 Å². The van der Waals surface area contributed by atoms with Gasteiger partial charge in [0.05, 0.1) is 11.0 Å². The molecule has 3 heteroatoms. The average molecular weight is 658 g/mol. The lowest BCUT2D eigenvalue weighted by Gasteiger charge is -2.43. The molecule has 1 aliphatic heterocycles. The van der Waals surface area contributed by atoms with Crippen LogP contribution in [-0.4, -0.2) is 4.57 Å². The highest BCUT2D eigenvalue weighted by Gasteiger charge is 2.43. The summed E-state index contributed by atoms with van der Waals surface area (Å²) in [6.07, 6.45) is 6.00. The van der Waals surface area contributed by atoms with Crippen molar-refractivity contribution in [3.63, 3.8) is 0 Å². The van der Waals surface area contributed by atoms with Gasteiger partial charge < -0.3 is 13.7 Å². The van der Waals surface area contributed by atoms with Gasteiger partial charge in [0, 0.05) is 54.9 Å². The fraction of sp³-hybridized carbons (Fsp3) is 0.125. The molecule has 1 aliphatic carbocycles. The standard InChI is InChI=1S/C48H35NO2/c1-3-14-31(15-4-1)32-24-25-43-37(28-32)34-16-5-8-21-42(34)49(43)33-29-38-35-17-6-9-22-44(35)50-46(38)39(30-33)36-18-13-20-41-47(36)51-45-23-10-7-19-40(45)48(41)26-11-2-12-27-48/h1,3-10,13-25,28-30H,2,11-12,26-27H2. The van der Waals surface area contributed by atoms with Crippen LogP contribution in [0.1, 0.15) is 43.2 Å². The molecule has 1 saturated carbocycles. The Morgan fingerprint density at radius 1 is 0.490 bits per heavy atom. The number of hydrogen-bond donors (Lipinski definition) is 0. The Kier molecular flexibility index (Phi) is 6.18. The molecule has 3 nitrogen and oxygen atoms in total. The van der Waals surface area contributed by atoms with Crippen molar-refractivity contribution in [2.75, 3.05) is 0 Å². The quantitative estimate of drug-likeness (QED) is 0.189. The lowest BCUT2D eigenvalue weighted by molar-refractivity contribution is 0.307. The highest BCUT2D eigenvalue weighted by molar-refractivity contribution is 6.13. The van der Waals surface area contributed by atoms with Crippen LogP contribution >= 0.6 is 0 Å². The number of ether oxygens (including phenoxy) is 1. The molecule has 9 aromatic rings. The molecule has 0 saturated heterocycles. The minimum Gasteiger partial charge on any atom is -0.456 e. The topological polar surface area (TPSA) is 27.3 Å². The first kappa shape index (κ1) is 28.7. The zero-order valence-electron chi connectivity index (χ0n) is 28.2. The third-order valence-corrected chi connectivity index (χ3v) is 11.6. The maximum atomic E-state index is 6.99. The fourth-order valence-corrected chi connectivity index (χ4v) is 9.34. The predicted molar refractivity (Wildman–Crippen MR) is 209 cm³/mol. The van der Waals surface area contributed by atoms with E-state index in [0.29, 0.717) is 0 Å². The Hall–Kier alpha value is -6.06. The molecule has 0 amide bonds. The second kappa shape index (κ2) is 11.0. The van der Waals surface area contributed by atoms with Gasteiger partial charge in [0.15, 0.2) is 0 Å². The molecule has 51 heavy (non-hydrogen) atoms. The fourth-order valence-electron chi connectivity index (χ4n) is 9.34.